The summed E-state index contributed by atoms with van der Waals surface area (Å²) >= 11 is 0. The van der Waals surface area contributed by atoms with Gasteiger partial charge in [-0.05, 0) is 26.0 Å². The Bertz CT molecular complexity index is 623. The van der Waals surface area contributed by atoms with E-state index in [1.54, 1.807) is 18.2 Å². The van der Waals surface area contributed by atoms with Crippen molar-refractivity contribution < 1.29 is 41.0 Å². The third-order valence-corrected chi connectivity index (χ3v) is 4.99. The normalized spacial score (nSPS) is 12.0. The smallest absolute Gasteiger partial charge is 0.297 e. The average molecular weight is 465 g/mol. The van der Waals surface area contributed by atoms with Crippen LogP contribution < -0.4 is 0 Å². The van der Waals surface area contributed by atoms with Crippen LogP contribution in [-0.4, -0.2) is 93.8 Å². The molecule has 0 fully saturated rings. The van der Waals surface area contributed by atoms with Crippen molar-refractivity contribution in [2.24, 2.45) is 0 Å². The van der Waals surface area contributed by atoms with E-state index in [0.717, 1.165) is 0 Å². The van der Waals surface area contributed by atoms with E-state index in [2.05, 4.69) is 0 Å². The van der Waals surface area contributed by atoms with Crippen molar-refractivity contribution in [3.05, 3.63) is 30.3 Å². The van der Waals surface area contributed by atoms with E-state index in [0.29, 0.717) is 66.1 Å². The maximum absolute atomic E-state index is 11.9. The van der Waals surface area contributed by atoms with Gasteiger partial charge < -0.3 is 28.4 Å². The molecule has 0 atom stereocenters. The zero-order valence-electron chi connectivity index (χ0n) is 18.5. The third-order valence-electron chi connectivity index (χ3n) is 3.66. The summed E-state index contributed by atoms with van der Waals surface area (Å²) < 4.78 is 60.9. The molecule has 0 bridgehead atoms. The van der Waals surface area contributed by atoms with E-state index < -0.39 is 10.1 Å². The lowest BCUT2D eigenvalue weighted by atomic mass is 10.4. The van der Waals surface area contributed by atoms with E-state index in [-0.39, 0.29) is 24.2 Å². The Morgan fingerprint density at radius 3 is 1.42 bits per heavy atom. The van der Waals surface area contributed by atoms with E-state index in [4.69, 9.17) is 32.6 Å². The zero-order valence-corrected chi connectivity index (χ0v) is 19.3. The van der Waals surface area contributed by atoms with Crippen LogP contribution in [0.5, 0.6) is 0 Å². The first-order chi connectivity index (χ1) is 15.0. The second-order valence-electron chi connectivity index (χ2n) is 6.57. The first kappa shape index (κ1) is 27.9. The van der Waals surface area contributed by atoms with E-state index >= 15 is 0 Å². The number of rotatable bonds is 21. The lowest BCUT2D eigenvalue weighted by Gasteiger charge is -2.09. The van der Waals surface area contributed by atoms with Gasteiger partial charge in [-0.15, -0.1) is 0 Å². The molecule has 1 aromatic carbocycles. The number of ether oxygens (including phenoxy) is 6. The van der Waals surface area contributed by atoms with Crippen molar-refractivity contribution in [3.8, 4) is 0 Å². The van der Waals surface area contributed by atoms with Crippen LogP contribution >= 0.6 is 0 Å². The molecule has 0 heterocycles. The van der Waals surface area contributed by atoms with Crippen molar-refractivity contribution in [1.82, 2.24) is 0 Å². The van der Waals surface area contributed by atoms with Crippen molar-refractivity contribution in [3.63, 3.8) is 0 Å². The Labute approximate surface area is 186 Å². The molecule has 0 aliphatic rings. The van der Waals surface area contributed by atoms with Gasteiger partial charge in [0.2, 0.25) is 0 Å². The van der Waals surface area contributed by atoms with Crippen molar-refractivity contribution in [2.45, 2.75) is 24.8 Å². The van der Waals surface area contributed by atoms with Crippen LogP contribution in [0.15, 0.2) is 35.2 Å². The van der Waals surface area contributed by atoms with Gasteiger partial charge in [0.25, 0.3) is 10.1 Å². The number of hydrogen-bond acceptors (Lipinski definition) is 9. The molecule has 0 spiro atoms. The molecule has 0 saturated heterocycles. The van der Waals surface area contributed by atoms with Gasteiger partial charge in [0, 0.05) is 0 Å². The Balaban J connectivity index is 1.78. The van der Waals surface area contributed by atoms with Crippen LogP contribution in [0.25, 0.3) is 0 Å². The van der Waals surface area contributed by atoms with E-state index in [1.165, 1.54) is 12.1 Å². The van der Waals surface area contributed by atoms with Gasteiger partial charge in [-0.25, -0.2) is 0 Å². The van der Waals surface area contributed by atoms with Gasteiger partial charge in [-0.3, -0.25) is 4.18 Å². The molecule has 9 nitrogen and oxygen atoms in total. The maximum atomic E-state index is 11.9. The zero-order chi connectivity index (χ0) is 22.6. The Morgan fingerprint density at radius 2 is 1.00 bits per heavy atom. The minimum Gasteiger partial charge on any atom is -0.377 e. The van der Waals surface area contributed by atoms with Crippen LogP contribution in [0.4, 0.5) is 0 Å². The molecule has 0 radical (unpaired) electrons. The molecule has 0 amide bonds. The van der Waals surface area contributed by atoms with E-state index in [9.17, 15) is 8.42 Å². The minimum atomic E-state index is -3.74. The molecule has 0 aliphatic heterocycles. The molecule has 1 rings (SSSR count). The summed E-state index contributed by atoms with van der Waals surface area (Å²) in [6.45, 7) is 8.96. The fraction of sp³-hybridized carbons (Fsp3) is 0.714. The molecular formula is C21H36O9S. The monoisotopic (exact) mass is 464 g/mol. The van der Waals surface area contributed by atoms with Crippen LogP contribution in [0.1, 0.15) is 13.8 Å². The molecule has 0 aromatic heterocycles. The van der Waals surface area contributed by atoms with Crippen LogP contribution in [0.3, 0.4) is 0 Å². The summed E-state index contributed by atoms with van der Waals surface area (Å²) in [6.07, 6.45) is 0.222. The van der Waals surface area contributed by atoms with Gasteiger partial charge >= 0.3 is 0 Å². The van der Waals surface area contributed by atoms with Crippen molar-refractivity contribution >= 4 is 10.1 Å². The van der Waals surface area contributed by atoms with Gasteiger partial charge in [0.05, 0.1) is 90.3 Å². The molecular weight excluding hydrogens is 428 g/mol. The Morgan fingerprint density at radius 1 is 0.613 bits per heavy atom. The highest BCUT2D eigenvalue weighted by Crippen LogP contribution is 2.10. The molecule has 0 unspecified atom stereocenters. The average Bonchev–Trinajstić information content (AvgIpc) is 2.75. The molecule has 0 saturated carbocycles. The summed E-state index contributed by atoms with van der Waals surface area (Å²) in [5.41, 5.74) is 0. The maximum Gasteiger partial charge on any atom is 0.297 e. The Hall–Kier alpha value is -1.11. The van der Waals surface area contributed by atoms with E-state index in [1.807, 2.05) is 13.8 Å². The quantitative estimate of drug-likeness (QED) is 0.199. The summed E-state index contributed by atoms with van der Waals surface area (Å²) in [5, 5.41) is 0. The van der Waals surface area contributed by atoms with Crippen LogP contribution in [0.2, 0.25) is 0 Å². The van der Waals surface area contributed by atoms with Crippen molar-refractivity contribution in [2.75, 3.05) is 79.3 Å². The summed E-state index contributed by atoms with van der Waals surface area (Å²) in [6, 6.07) is 7.99. The summed E-state index contributed by atoms with van der Waals surface area (Å²) in [7, 11) is -3.74. The Kier molecular flexibility index (Phi) is 16.6. The molecule has 0 aliphatic carbocycles. The highest BCUT2D eigenvalue weighted by Gasteiger charge is 2.13. The van der Waals surface area contributed by atoms with Gasteiger partial charge in [-0.2, -0.15) is 8.42 Å². The lowest BCUT2D eigenvalue weighted by Crippen LogP contribution is -2.15. The molecule has 10 heteroatoms. The second-order valence-corrected chi connectivity index (χ2v) is 8.19. The SMILES string of the molecule is CC(C)OCCOCCOCCOCCOCCOCCOS(=O)(=O)c1ccccc1. The lowest BCUT2D eigenvalue weighted by molar-refractivity contribution is -0.0219. The molecule has 31 heavy (non-hydrogen) atoms. The second kappa shape index (κ2) is 18.5. The fourth-order valence-electron chi connectivity index (χ4n) is 2.18. The van der Waals surface area contributed by atoms with Gasteiger partial charge in [0.1, 0.15) is 0 Å². The number of benzene rings is 1. The van der Waals surface area contributed by atoms with Gasteiger partial charge in [0.15, 0.2) is 0 Å². The van der Waals surface area contributed by atoms with Crippen LogP contribution in [0, 0.1) is 0 Å². The topological polar surface area (TPSA) is 98.8 Å². The number of hydrogen-bond donors (Lipinski definition) is 0. The first-order valence-corrected chi connectivity index (χ1v) is 11.9. The summed E-state index contributed by atoms with van der Waals surface area (Å²) in [5.74, 6) is 0. The molecule has 180 valence electrons. The third kappa shape index (κ3) is 16.2. The highest BCUT2D eigenvalue weighted by atomic mass is 32.2. The van der Waals surface area contributed by atoms with Crippen molar-refractivity contribution in [1.29, 1.82) is 0 Å². The standard InChI is InChI=1S/C21H36O9S/c1-20(2)29-18-16-27-14-12-25-10-8-24-9-11-26-13-15-28-17-19-30-31(22,23)21-6-4-3-5-7-21/h3-7,20H,8-19H2,1-2H3. The molecule has 1 aromatic rings. The summed E-state index contributed by atoms with van der Waals surface area (Å²) in [4.78, 5) is 0.129. The predicted molar refractivity (Wildman–Crippen MR) is 115 cm³/mol. The fourth-order valence-corrected chi connectivity index (χ4v) is 3.10. The molecule has 0 N–H and O–H groups in total. The largest absolute Gasteiger partial charge is 0.377 e. The highest BCUT2D eigenvalue weighted by molar-refractivity contribution is 7.86. The minimum absolute atomic E-state index is 0.0445. The first-order valence-electron chi connectivity index (χ1n) is 10.5. The van der Waals surface area contributed by atoms with Gasteiger partial charge in [-0.1, -0.05) is 18.2 Å². The van der Waals surface area contributed by atoms with Crippen LogP contribution in [-0.2, 0) is 42.7 Å². The predicted octanol–water partition coefficient (Wildman–Crippen LogP) is 1.90.